The van der Waals surface area contributed by atoms with Crippen molar-refractivity contribution in [2.24, 2.45) is 0 Å². The average Bonchev–Trinajstić information content (AvgIpc) is 2.44. The van der Waals surface area contributed by atoms with Crippen molar-refractivity contribution < 1.29 is 15.1 Å². The van der Waals surface area contributed by atoms with Crippen molar-refractivity contribution >= 4 is 27.2 Å². The van der Waals surface area contributed by atoms with Crippen LogP contribution in [0.25, 0.3) is 21.5 Å². The fraction of sp³-hybridized carbons (Fsp3) is 0.0667. The lowest BCUT2D eigenvalue weighted by molar-refractivity contribution is -0.385. The van der Waals surface area contributed by atoms with E-state index < -0.39 is 4.92 Å². The van der Waals surface area contributed by atoms with Crippen LogP contribution < -0.4 is 5.11 Å². The van der Waals surface area contributed by atoms with E-state index in [1.54, 1.807) is 24.3 Å². The number of phenols is 1. The molecule has 5 heteroatoms. The smallest absolute Gasteiger partial charge is 0.273 e. The molecule has 0 radical (unpaired) electrons. The minimum Gasteiger partial charge on any atom is -0.872 e. The van der Waals surface area contributed by atoms with Crippen molar-refractivity contribution in [1.29, 1.82) is 0 Å². The maximum atomic E-state index is 12.4. The molecule has 0 atom stereocenters. The van der Waals surface area contributed by atoms with Gasteiger partial charge >= 0.3 is 0 Å². The highest BCUT2D eigenvalue weighted by molar-refractivity contribution is 6.12. The van der Waals surface area contributed by atoms with Crippen LogP contribution in [0.15, 0.2) is 36.4 Å². The molecule has 0 aromatic heterocycles. The van der Waals surface area contributed by atoms with Crippen LogP contribution in [0, 0.1) is 17.0 Å². The number of aromatic hydroxyl groups is 1. The van der Waals surface area contributed by atoms with Crippen molar-refractivity contribution in [2.45, 2.75) is 6.92 Å². The molecule has 0 spiro atoms. The van der Waals surface area contributed by atoms with Crippen LogP contribution in [-0.2, 0) is 0 Å². The van der Waals surface area contributed by atoms with Crippen LogP contribution in [0.1, 0.15) is 5.56 Å². The van der Waals surface area contributed by atoms with E-state index in [0.29, 0.717) is 21.7 Å². The quantitative estimate of drug-likeness (QED) is 0.417. The molecular weight excluding hydrogens is 258 g/mol. The Morgan fingerprint density at radius 1 is 1.05 bits per heavy atom. The van der Waals surface area contributed by atoms with Crippen LogP contribution in [0.3, 0.4) is 0 Å². The van der Waals surface area contributed by atoms with E-state index in [1.807, 2.05) is 0 Å². The molecule has 5 nitrogen and oxygen atoms in total. The molecule has 0 unspecified atom stereocenters. The van der Waals surface area contributed by atoms with Crippen molar-refractivity contribution in [3.05, 3.63) is 52.1 Å². The molecule has 0 amide bonds. The van der Waals surface area contributed by atoms with Gasteiger partial charge in [-0.15, -0.1) is 0 Å². The Morgan fingerprint density at radius 2 is 1.70 bits per heavy atom. The van der Waals surface area contributed by atoms with Gasteiger partial charge in [0, 0.05) is 22.4 Å². The molecule has 0 saturated carbocycles. The summed E-state index contributed by atoms with van der Waals surface area (Å²) >= 11 is 0. The summed E-state index contributed by atoms with van der Waals surface area (Å²) in [7, 11) is 0. The van der Waals surface area contributed by atoms with E-state index in [4.69, 9.17) is 0 Å². The van der Waals surface area contributed by atoms with Gasteiger partial charge < -0.3 is 10.2 Å². The Hall–Kier alpha value is -2.82. The van der Waals surface area contributed by atoms with Gasteiger partial charge in [-0.25, -0.2) is 0 Å². The predicted octanol–water partition coefficient (Wildman–Crippen LogP) is 2.99. The number of nitro groups is 1. The highest BCUT2D eigenvalue weighted by Gasteiger charge is 2.17. The topological polar surface area (TPSA) is 86.4 Å². The molecule has 1 N–H and O–H groups in total. The highest BCUT2D eigenvalue weighted by atomic mass is 16.6. The molecular formula is C15H10NO4-. The first-order chi connectivity index (χ1) is 9.52. The number of aryl methyl sites for hydroxylation is 1. The van der Waals surface area contributed by atoms with Crippen LogP contribution in [0.5, 0.6) is 11.5 Å². The van der Waals surface area contributed by atoms with Gasteiger partial charge in [-0.1, -0.05) is 30.0 Å². The van der Waals surface area contributed by atoms with E-state index in [-0.39, 0.29) is 22.6 Å². The van der Waals surface area contributed by atoms with Gasteiger partial charge in [-0.3, -0.25) is 10.1 Å². The Kier molecular flexibility index (Phi) is 2.50. The lowest BCUT2D eigenvalue weighted by atomic mass is 9.97. The van der Waals surface area contributed by atoms with Gasteiger partial charge in [0.1, 0.15) is 5.75 Å². The van der Waals surface area contributed by atoms with E-state index in [2.05, 4.69) is 0 Å². The predicted molar refractivity (Wildman–Crippen MR) is 74.0 cm³/mol. The third kappa shape index (κ3) is 1.50. The van der Waals surface area contributed by atoms with Gasteiger partial charge in [0.2, 0.25) is 0 Å². The third-order valence-electron chi connectivity index (χ3n) is 3.54. The second-order valence-electron chi connectivity index (χ2n) is 4.61. The SMILES string of the molecule is Cc1c([N+](=O)[O-])ccc2c([O-])c3ccccc3c(O)c12. The minimum absolute atomic E-state index is 0.0867. The number of hydrogen-bond donors (Lipinski definition) is 1. The summed E-state index contributed by atoms with van der Waals surface area (Å²) in [5, 5.41) is 35.1. The molecule has 0 aliphatic carbocycles. The fourth-order valence-corrected chi connectivity index (χ4v) is 2.56. The summed E-state index contributed by atoms with van der Waals surface area (Å²) in [6.45, 7) is 1.54. The molecule has 3 aromatic carbocycles. The Bertz CT molecular complexity index is 871. The number of rotatable bonds is 1. The van der Waals surface area contributed by atoms with Crippen molar-refractivity contribution in [3.8, 4) is 11.5 Å². The summed E-state index contributed by atoms with van der Waals surface area (Å²) in [4.78, 5) is 10.5. The Balaban J connectivity index is 2.60. The lowest BCUT2D eigenvalue weighted by Crippen LogP contribution is -1.97. The number of benzene rings is 3. The molecule has 0 heterocycles. The molecule has 0 fully saturated rings. The summed E-state index contributed by atoms with van der Waals surface area (Å²) < 4.78 is 0. The fourth-order valence-electron chi connectivity index (χ4n) is 2.56. The molecule has 0 aliphatic heterocycles. The molecule has 0 bridgehead atoms. The number of nitro benzene ring substituents is 1. The first-order valence-electron chi connectivity index (χ1n) is 6.00. The van der Waals surface area contributed by atoms with Gasteiger partial charge in [-0.2, -0.15) is 0 Å². The maximum Gasteiger partial charge on any atom is 0.273 e. The lowest BCUT2D eigenvalue weighted by Gasteiger charge is -2.18. The first-order valence-corrected chi connectivity index (χ1v) is 6.00. The van der Waals surface area contributed by atoms with E-state index in [9.17, 15) is 20.3 Å². The van der Waals surface area contributed by atoms with Crippen molar-refractivity contribution in [1.82, 2.24) is 0 Å². The van der Waals surface area contributed by atoms with E-state index >= 15 is 0 Å². The number of fused-ring (bicyclic) bond motifs is 2. The molecule has 3 aromatic rings. The minimum atomic E-state index is -0.520. The van der Waals surface area contributed by atoms with E-state index in [0.717, 1.165) is 0 Å². The standard InChI is InChI=1S/C15H11NO4/c1-8-12(16(19)20)7-6-11-13(8)15(18)10-5-3-2-4-9(10)14(11)17/h2-7,17-18H,1H3/p-1. The third-order valence-corrected chi connectivity index (χ3v) is 3.54. The van der Waals surface area contributed by atoms with Crippen LogP contribution in [0.2, 0.25) is 0 Å². The highest BCUT2D eigenvalue weighted by Crippen LogP contribution is 2.43. The van der Waals surface area contributed by atoms with Gasteiger partial charge in [0.15, 0.2) is 0 Å². The maximum absolute atomic E-state index is 12.4. The molecule has 20 heavy (non-hydrogen) atoms. The zero-order valence-corrected chi connectivity index (χ0v) is 10.6. The zero-order valence-electron chi connectivity index (χ0n) is 10.6. The Labute approximate surface area is 113 Å². The largest absolute Gasteiger partial charge is 0.872 e. The zero-order chi connectivity index (χ0) is 14.4. The molecule has 100 valence electrons. The summed E-state index contributed by atoms with van der Waals surface area (Å²) in [5.41, 5.74) is 0.190. The van der Waals surface area contributed by atoms with E-state index in [1.165, 1.54) is 19.1 Å². The number of nitrogens with zero attached hydrogens (tertiary/aromatic N) is 1. The monoisotopic (exact) mass is 268 g/mol. The normalized spacial score (nSPS) is 11.1. The molecule has 0 saturated heterocycles. The van der Waals surface area contributed by atoms with Crippen LogP contribution in [-0.4, -0.2) is 10.0 Å². The van der Waals surface area contributed by atoms with Crippen LogP contribution >= 0.6 is 0 Å². The second-order valence-corrected chi connectivity index (χ2v) is 4.61. The van der Waals surface area contributed by atoms with Crippen molar-refractivity contribution in [3.63, 3.8) is 0 Å². The van der Waals surface area contributed by atoms with Gasteiger partial charge in [0.05, 0.1) is 4.92 Å². The van der Waals surface area contributed by atoms with Gasteiger partial charge in [-0.05, 0) is 23.8 Å². The number of phenolic OH excluding ortho intramolecular Hbond substituents is 1. The van der Waals surface area contributed by atoms with Gasteiger partial charge in [0.25, 0.3) is 5.69 Å². The summed E-state index contributed by atoms with van der Waals surface area (Å²) in [6, 6.07) is 9.38. The average molecular weight is 268 g/mol. The molecule has 3 rings (SSSR count). The second kappa shape index (κ2) is 4.09. The molecule has 0 aliphatic rings. The van der Waals surface area contributed by atoms with Crippen LogP contribution in [0.4, 0.5) is 5.69 Å². The number of hydrogen-bond acceptors (Lipinski definition) is 4. The first kappa shape index (κ1) is 12.2. The summed E-state index contributed by atoms with van der Waals surface area (Å²) in [5.74, 6) is -0.317. The summed E-state index contributed by atoms with van der Waals surface area (Å²) in [6.07, 6.45) is 0. The van der Waals surface area contributed by atoms with Crippen molar-refractivity contribution in [2.75, 3.05) is 0 Å². The Morgan fingerprint density at radius 3 is 2.35 bits per heavy atom.